The molecule has 0 amide bonds. The second-order valence-electron chi connectivity index (χ2n) is 3.95. The summed E-state index contributed by atoms with van der Waals surface area (Å²) in [5.41, 5.74) is 8.21. The van der Waals surface area contributed by atoms with Crippen molar-refractivity contribution in [2.75, 3.05) is 0 Å². The van der Waals surface area contributed by atoms with Crippen LogP contribution < -0.4 is 5.73 Å². The van der Waals surface area contributed by atoms with Gasteiger partial charge in [-0.3, -0.25) is 0 Å². The summed E-state index contributed by atoms with van der Waals surface area (Å²) >= 11 is 0. The fourth-order valence-electron chi connectivity index (χ4n) is 1.67. The molecular weight excluding hydrogens is 174 g/mol. The molecule has 2 N–H and O–H groups in total. The van der Waals surface area contributed by atoms with Gasteiger partial charge in [-0.1, -0.05) is 26.0 Å². The SMILES string of the molecule is CC(C)C(N)c1cccc2occc12. The van der Waals surface area contributed by atoms with Gasteiger partial charge >= 0.3 is 0 Å². The van der Waals surface area contributed by atoms with E-state index >= 15 is 0 Å². The summed E-state index contributed by atoms with van der Waals surface area (Å²) in [6, 6.07) is 8.08. The van der Waals surface area contributed by atoms with Crippen LogP contribution in [-0.4, -0.2) is 0 Å². The molecule has 0 aliphatic rings. The molecular formula is C12H15NO. The van der Waals surface area contributed by atoms with Crippen LogP contribution in [0.15, 0.2) is 34.9 Å². The Balaban J connectivity index is 2.56. The van der Waals surface area contributed by atoms with Gasteiger partial charge in [-0.15, -0.1) is 0 Å². The number of hydrogen-bond donors (Lipinski definition) is 1. The van der Waals surface area contributed by atoms with Crippen molar-refractivity contribution >= 4 is 11.0 Å². The normalized spacial score (nSPS) is 13.7. The first kappa shape index (κ1) is 9.28. The molecule has 14 heavy (non-hydrogen) atoms. The highest BCUT2D eigenvalue weighted by Crippen LogP contribution is 2.27. The molecule has 0 radical (unpaired) electrons. The molecule has 1 aromatic heterocycles. The van der Waals surface area contributed by atoms with Gasteiger partial charge in [0.25, 0.3) is 0 Å². The van der Waals surface area contributed by atoms with Crippen molar-refractivity contribution in [2.45, 2.75) is 19.9 Å². The minimum atomic E-state index is 0.0799. The molecule has 2 rings (SSSR count). The lowest BCUT2D eigenvalue weighted by Crippen LogP contribution is -2.16. The molecule has 0 saturated heterocycles. The largest absolute Gasteiger partial charge is 0.464 e. The quantitative estimate of drug-likeness (QED) is 0.788. The van der Waals surface area contributed by atoms with Crippen molar-refractivity contribution in [2.24, 2.45) is 11.7 Å². The number of nitrogens with two attached hydrogens (primary N) is 1. The van der Waals surface area contributed by atoms with E-state index in [4.69, 9.17) is 10.2 Å². The lowest BCUT2D eigenvalue weighted by molar-refractivity contribution is 0.517. The Kier molecular flexibility index (Phi) is 2.30. The van der Waals surface area contributed by atoms with E-state index in [2.05, 4.69) is 19.9 Å². The summed E-state index contributed by atoms with van der Waals surface area (Å²) in [5, 5.41) is 1.13. The number of furan rings is 1. The van der Waals surface area contributed by atoms with Crippen molar-refractivity contribution in [3.63, 3.8) is 0 Å². The van der Waals surface area contributed by atoms with Crippen LogP contribution in [0.4, 0.5) is 0 Å². The average Bonchev–Trinajstić information content (AvgIpc) is 2.63. The second-order valence-corrected chi connectivity index (χ2v) is 3.95. The van der Waals surface area contributed by atoms with E-state index in [0.717, 1.165) is 11.0 Å². The first-order valence-electron chi connectivity index (χ1n) is 4.92. The topological polar surface area (TPSA) is 39.2 Å². The van der Waals surface area contributed by atoms with Crippen LogP contribution in [0.3, 0.4) is 0 Å². The van der Waals surface area contributed by atoms with Crippen molar-refractivity contribution in [1.82, 2.24) is 0 Å². The molecule has 0 aliphatic heterocycles. The number of rotatable bonds is 2. The lowest BCUT2D eigenvalue weighted by atomic mass is 9.94. The van der Waals surface area contributed by atoms with E-state index in [0.29, 0.717) is 5.92 Å². The first-order chi connectivity index (χ1) is 6.70. The molecule has 0 fully saturated rings. The van der Waals surface area contributed by atoms with Gasteiger partial charge in [0.2, 0.25) is 0 Å². The van der Waals surface area contributed by atoms with Crippen LogP contribution in [-0.2, 0) is 0 Å². The zero-order valence-corrected chi connectivity index (χ0v) is 8.53. The highest BCUT2D eigenvalue weighted by Gasteiger charge is 2.13. The van der Waals surface area contributed by atoms with Gasteiger partial charge in [0.05, 0.1) is 6.26 Å². The summed E-state index contributed by atoms with van der Waals surface area (Å²) in [5.74, 6) is 0.440. The maximum Gasteiger partial charge on any atom is 0.134 e. The van der Waals surface area contributed by atoms with Crippen LogP contribution in [0.2, 0.25) is 0 Å². The fourth-order valence-corrected chi connectivity index (χ4v) is 1.67. The molecule has 2 heteroatoms. The van der Waals surface area contributed by atoms with Gasteiger partial charge in [-0.2, -0.15) is 0 Å². The Hall–Kier alpha value is -1.28. The predicted octanol–water partition coefficient (Wildman–Crippen LogP) is 3.09. The van der Waals surface area contributed by atoms with Crippen LogP contribution in [0.5, 0.6) is 0 Å². The van der Waals surface area contributed by atoms with Gasteiger partial charge in [-0.05, 0) is 23.6 Å². The molecule has 74 valence electrons. The van der Waals surface area contributed by atoms with Gasteiger partial charge in [0.15, 0.2) is 0 Å². The number of fused-ring (bicyclic) bond motifs is 1. The van der Waals surface area contributed by atoms with Gasteiger partial charge in [0.1, 0.15) is 5.58 Å². The Morgan fingerprint density at radius 3 is 2.71 bits per heavy atom. The molecule has 0 bridgehead atoms. The van der Waals surface area contributed by atoms with Crippen molar-refractivity contribution in [3.05, 3.63) is 36.1 Å². The summed E-state index contributed by atoms with van der Waals surface area (Å²) in [7, 11) is 0. The molecule has 0 saturated carbocycles. The summed E-state index contributed by atoms with van der Waals surface area (Å²) in [4.78, 5) is 0. The lowest BCUT2D eigenvalue weighted by Gasteiger charge is -2.16. The maximum atomic E-state index is 6.12. The maximum absolute atomic E-state index is 6.12. The third kappa shape index (κ3) is 1.42. The van der Waals surface area contributed by atoms with E-state index in [1.54, 1.807) is 6.26 Å². The van der Waals surface area contributed by atoms with Gasteiger partial charge < -0.3 is 10.2 Å². The third-order valence-electron chi connectivity index (χ3n) is 2.61. The molecule has 1 aromatic carbocycles. The third-order valence-corrected chi connectivity index (χ3v) is 2.61. The Morgan fingerprint density at radius 1 is 1.21 bits per heavy atom. The van der Waals surface area contributed by atoms with Gasteiger partial charge in [0, 0.05) is 11.4 Å². The Morgan fingerprint density at radius 2 is 2.00 bits per heavy atom. The minimum Gasteiger partial charge on any atom is -0.464 e. The smallest absolute Gasteiger partial charge is 0.134 e. The fraction of sp³-hybridized carbons (Fsp3) is 0.333. The molecule has 2 aromatic rings. The van der Waals surface area contributed by atoms with Crippen LogP contribution >= 0.6 is 0 Å². The standard InChI is InChI=1S/C12H15NO/c1-8(2)12(13)10-4-3-5-11-9(10)6-7-14-11/h3-8,12H,13H2,1-2H3. The highest BCUT2D eigenvalue weighted by molar-refractivity contribution is 5.81. The Bertz CT molecular complexity index is 431. The second kappa shape index (κ2) is 3.46. The van der Waals surface area contributed by atoms with Crippen LogP contribution in [0, 0.1) is 5.92 Å². The zero-order valence-electron chi connectivity index (χ0n) is 8.53. The van der Waals surface area contributed by atoms with Crippen molar-refractivity contribution in [3.8, 4) is 0 Å². The van der Waals surface area contributed by atoms with E-state index in [1.165, 1.54) is 5.56 Å². The first-order valence-corrected chi connectivity index (χ1v) is 4.92. The molecule has 0 aliphatic carbocycles. The average molecular weight is 189 g/mol. The molecule has 1 heterocycles. The van der Waals surface area contributed by atoms with Gasteiger partial charge in [-0.25, -0.2) is 0 Å². The molecule has 0 spiro atoms. The van der Waals surface area contributed by atoms with Crippen LogP contribution in [0.25, 0.3) is 11.0 Å². The molecule has 1 unspecified atom stereocenters. The summed E-state index contributed by atoms with van der Waals surface area (Å²) < 4.78 is 5.33. The highest BCUT2D eigenvalue weighted by atomic mass is 16.3. The van der Waals surface area contributed by atoms with Crippen molar-refractivity contribution in [1.29, 1.82) is 0 Å². The Labute approximate surface area is 83.7 Å². The predicted molar refractivity (Wildman–Crippen MR) is 58.0 cm³/mol. The van der Waals surface area contributed by atoms with E-state index in [1.807, 2.05) is 18.2 Å². The van der Waals surface area contributed by atoms with Crippen LogP contribution in [0.1, 0.15) is 25.5 Å². The van der Waals surface area contributed by atoms with Crippen molar-refractivity contribution < 1.29 is 4.42 Å². The molecule has 2 nitrogen and oxygen atoms in total. The minimum absolute atomic E-state index is 0.0799. The van der Waals surface area contributed by atoms with E-state index in [9.17, 15) is 0 Å². The summed E-state index contributed by atoms with van der Waals surface area (Å²) in [6.45, 7) is 4.26. The monoisotopic (exact) mass is 189 g/mol. The molecule has 1 atom stereocenters. The van der Waals surface area contributed by atoms with E-state index < -0.39 is 0 Å². The summed E-state index contributed by atoms with van der Waals surface area (Å²) in [6.07, 6.45) is 1.71. The number of benzene rings is 1. The van der Waals surface area contributed by atoms with E-state index in [-0.39, 0.29) is 6.04 Å². The number of hydrogen-bond acceptors (Lipinski definition) is 2. The zero-order chi connectivity index (χ0) is 10.1.